The molecule has 66 valence electrons. The number of carbonyl (C=O) groups is 2. The number of carboxylic acids is 2. The Hall–Kier alpha value is -1.32. The Morgan fingerprint density at radius 3 is 2.00 bits per heavy atom. The molecule has 0 saturated heterocycles. The van der Waals surface area contributed by atoms with Crippen LogP contribution >= 0.6 is 0 Å². The van der Waals surface area contributed by atoms with E-state index in [0.717, 1.165) is 5.57 Å². The van der Waals surface area contributed by atoms with E-state index >= 15 is 0 Å². The zero-order chi connectivity index (χ0) is 9.35. The van der Waals surface area contributed by atoms with Crippen LogP contribution in [0.25, 0.3) is 0 Å². The molecular formula is C8H10O4. The molecule has 2 N–H and O–H groups in total. The number of allylic oxidation sites excluding steroid dienone is 2. The van der Waals surface area contributed by atoms with Crippen LogP contribution < -0.4 is 0 Å². The van der Waals surface area contributed by atoms with E-state index in [-0.39, 0.29) is 12.8 Å². The number of aliphatic carboxylic acids is 2. The first-order chi connectivity index (χ1) is 5.53. The number of hydrogen-bond donors (Lipinski definition) is 2. The third-order valence-corrected chi connectivity index (χ3v) is 2.28. The number of rotatable bonds is 2. The van der Waals surface area contributed by atoms with Gasteiger partial charge in [-0.25, -0.2) is 0 Å². The second kappa shape index (κ2) is 2.62. The lowest BCUT2D eigenvalue weighted by Gasteiger charge is -2.35. The van der Waals surface area contributed by atoms with Gasteiger partial charge in [-0.15, -0.1) is 0 Å². The molecule has 0 radical (unpaired) electrons. The highest BCUT2D eigenvalue weighted by molar-refractivity contribution is 6.00. The van der Waals surface area contributed by atoms with Crippen LogP contribution in [-0.4, -0.2) is 22.2 Å². The first-order valence-corrected chi connectivity index (χ1v) is 3.64. The van der Waals surface area contributed by atoms with Crippen molar-refractivity contribution in [1.82, 2.24) is 0 Å². The van der Waals surface area contributed by atoms with E-state index in [4.69, 9.17) is 10.2 Å². The molecular weight excluding hydrogens is 160 g/mol. The van der Waals surface area contributed by atoms with Crippen molar-refractivity contribution in [2.75, 3.05) is 0 Å². The normalized spacial score (nSPS) is 19.6. The van der Waals surface area contributed by atoms with Crippen molar-refractivity contribution >= 4 is 11.9 Å². The molecule has 4 heteroatoms. The summed E-state index contributed by atoms with van der Waals surface area (Å²) in [5.41, 5.74) is -0.637. The van der Waals surface area contributed by atoms with Gasteiger partial charge in [0.15, 0.2) is 5.41 Å². The van der Waals surface area contributed by atoms with Gasteiger partial charge in [-0.2, -0.15) is 0 Å². The lowest BCUT2D eigenvalue weighted by atomic mass is 9.65. The van der Waals surface area contributed by atoms with Crippen molar-refractivity contribution < 1.29 is 19.8 Å². The summed E-state index contributed by atoms with van der Waals surface area (Å²) >= 11 is 0. The second-order valence-corrected chi connectivity index (χ2v) is 2.99. The molecule has 0 aromatic heterocycles. The van der Waals surface area contributed by atoms with Gasteiger partial charge in [0.05, 0.1) is 0 Å². The van der Waals surface area contributed by atoms with Crippen molar-refractivity contribution in [3.05, 3.63) is 11.6 Å². The molecule has 0 spiro atoms. The Balaban J connectivity index is 2.83. The van der Waals surface area contributed by atoms with E-state index in [1.165, 1.54) is 0 Å². The maximum atomic E-state index is 10.6. The minimum Gasteiger partial charge on any atom is -0.480 e. The van der Waals surface area contributed by atoms with Crippen molar-refractivity contribution in [2.45, 2.75) is 19.8 Å². The quantitative estimate of drug-likeness (QED) is 0.476. The lowest BCUT2D eigenvalue weighted by molar-refractivity contribution is -0.167. The predicted octanol–water partition coefficient (Wildman–Crippen LogP) is 0.882. The van der Waals surface area contributed by atoms with Gasteiger partial charge in [-0.05, 0) is 19.8 Å². The van der Waals surface area contributed by atoms with Crippen LogP contribution in [0, 0.1) is 5.41 Å². The summed E-state index contributed by atoms with van der Waals surface area (Å²) in [7, 11) is 0. The van der Waals surface area contributed by atoms with E-state index in [2.05, 4.69) is 0 Å². The maximum Gasteiger partial charge on any atom is 0.321 e. The maximum absolute atomic E-state index is 10.6. The molecule has 0 heterocycles. The molecule has 0 aromatic rings. The zero-order valence-corrected chi connectivity index (χ0v) is 6.70. The van der Waals surface area contributed by atoms with Crippen LogP contribution in [0.4, 0.5) is 0 Å². The van der Waals surface area contributed by atoms with Crippen LogP contribution in [-0.2, 0) is 9.59 Å². The molecule has 1 aliphatic carbocycles. The van der Waals surface area contributed by atoms with Crippen molar-refractivity contribution in [3.63, 3.8) is 0 Å². The average molecular weight is 170 g/mol. The molecule has 0 unspecified atom stereocenters. The molecule has 1 aliphatic rings. The fourth-order valence-corrected chi connectivity index (χ4v) is 1.32. The first kappa shape index (κ1) is 8.77. The SMILES string of the molecule is CC=C1CC(C(=O)O)(C(=O)O)C1. The Bertz CT molecular complexity index is 240. The highest BCUT2D eigenvalue weighted by Crippen LogP contribution is 2.45. The van der Waals surface area contributed by atoms with Crippen molar-refractivity contribution in [1.29, 1.82) is 0 Å². The summed E-state index contributed by atoms with van der Waals surface area (Å²) in [4.78, 5) is 21.2. The lowest BCUT2D eigenvalue weighted by Crippen LogP contribution is -2.46. The van der Waals surface area contributed by atoms with Gasteiger partial charge in [0, 0.05) is 0 Å². The predicted molar refractivity (Wildman–Crippen MR) is 40.7 cm³/mol. The van der Waals surface area contributed by atoms with Gasteiger partial charge in [-0.1, -0.05) is 11.6 Å². The van der Waals surface area contributed by atoms with Crippen molar-refractivity contribution in [2.24, 2.45) is 5.41 Å². The third kappa shape index (κ3) is 0.995. The van der Waals surface area contributed by atoms with Crippen LogP contribution in [0.2, 0.25) is 0 Å². The van der Waals surface area contributed by atoms with Gasteiger partial charge >= 0.3 is 11.9 Å². The first-order valence-electron chi connectivity index (χ1n) is 3.64. The Morgan fingerprint density at radius 1 is 1.33 bits per heavy atom. The standard InChI is InChI=1S/C8H10O4/c1-2-5-3-8(4-5,6(9)10)7(11)12/h2H,3-4H2,1H3,(H,9,10)(H,11,12). The molecule has 0 atom stereocenters. The largest absolute Gasteiger partial charge is 0.480 e. The zero-order valence-electron chi connectivity index (χ0n) is 6.70. The van der Waals surface area contributed by atoms with Gasteiger partial charge in [0.2, 0.25) is 0 Å². The number of hydrogen-bond acceptors (Lipinski definition) is 2. The fraction of sp³-hybridized carbons (Fsp3) is 0.500. The van der Waals surface area contributed by atoms with Crippen LogP contribution in [0.5, 0.6) is 0 Å². The third-order valence-electron chi connectivity index (χ3n) is 2.28. The summed E-state index contributed by atoms with van der Waals surface area (Å²) in [5.74, 6) is -2.47. The smallest absolute Gasteiger partial charge is 0.321 e. The van der Waals surface area contributed by atoms with Crippen molar-refractivity contribution in [3.8, 4) is 0 Å². The highest BCUT2D eigenvalue weighted by atomic mass is 16.4. The van der Waals surface area contributed by atoms with E-state index in [1.807, 2.05) is 0 Å². The van der Waals surface area contributed by atoms with E-state index in [9.17, 15) is 9.59 Å². The molecule has 0 bridgehead atoms. The summed E-state index contributed by atoms with van der Waals surface area (Å²) in [6, 6.07) is 0. The highest BCUT2D eigenvalue weighted by Gasteiger charge is 2.54. The second-order valence-electron chi connectivity index (χ2n) is 2.99. The summed E-state index contributed by atoms with van der Waals surface area (Å²) in [5, 5.41) is 17.3. The van der Waals surface area contributed by atoms with E-state index < -0.39 is 17.4 Å². The topological polar surface area (TPSA) is 74.6 Å². The van der Waals surface area contributed by atoms with Crippen LogP contribution in [0.3, 0.4) is 0 Å². The van der Waals surface area contributed by atoms with Crippen LogP contribution in [0.15, 0.2) is 11.6 Å². The Kier molecular flexibility index (Phi) is 1.92. The molecule has 1 saturated carbocycles. The molecule has 12 heavy (non-hydrogen) atoms. The monoisotopic (exact) mass is 170 g/mol. The summed E-state index contributed by atoms with van der Waals surface area (Å²) in [6.45, 7) is 1.78. The van der Waals surface area contributed by atoms with Gasteiger partial charge in [0.1, 0.15) is 0 Å². The number of carboxylic acid groups (broad SMARTS) is 2. The van der Waals surface area contributed by atoms with E-state index in [1.54, 1.807) is 13.0 Å². The molecule has 4 nitrogen and oxygen atoms in total. The minimum absolute atomic E-state index is 0.147. The Labute approximate surface area is 69.5 Å². The van der Waals surface area contributed by atoms with Gasteiger partial charge < -0.3 is 10.2 Å². The minimum atomic E-state index is -1.54. The van der Waals surface area contributed by atoms with Gasteiger partial charge in [0.25, 0.3) is 0 Å². The fourth-order valence-electron chi connectivity index (χ4n) is 1.32. The Morgan fingerprint density at radius 2 is 1.75 bits per heavy atom. The molecule has 0 aromatic carbocycles. The van der Waals surface area contributed by atoms with E-state index in [0.29, 0.717) is 0 Å². The summed E-state index contributed by atoms with van der Waals surface area (Å²) in [6.07, 6.45) is 2.06. The van der Waals surface area contributed by atoms with Crippen LogP contribution in [0.1, 0.15) is 19.8 Å². The molecule has 0 amide bonds. The molecule has 0 aliphatic heterocycles. The molecule has 1 fully saturated rings. The average Bonchev–Trinajstić information content (AvgIpc) is 1.83. The summed E-state index contributed by atoms with van der Waals surface area (Å²) < 4.78 is 0. The molecule has 1 rings (SSSR count). The van der Waals surface area contributed by atoms with Gasteiger partial charge in [-0.3, -0.25) is 9.59 Å².